The molecule has 0 aliphatic carbocycles. The van der Waals surface area contributed by atoms with E-state index in [4.69, 9.17) is 0 Å². The highest BCUT2D eigenvalue weighted by atomic mass is 14.2. The third-order valence-electron chi connectivity index (χ3n) is 3.48. The van der Waals surface area contributed by atoms with E-state index in [1.54, 1.807) is 0 Å². The van der Waals surface area contributed by atoms with Crippen LogP contribution in [-0.4, -0.2) is 0 Å². The van der Waals surface area contributed by atoms with Crippen molar-refractivity contribution in [1.82, 2.24) is 0 Å². The van der Waals surface area contributed by atoms with Crippen LogP contribution in [0.1, 0.15) is 60.8 Å². The van der Waals surface area contributed by atoms with E-state index in [9.17, 15) is 0 Å². The average molecular weight is 234 g/mol. The Bertz CT molecular complexity index is 287. The lowest BCUT2D eigenvalue weighted by molar-refractivity contribution is 0.447. The highest BCUT2D eigenvalue weighted by Crippen LogP contribution is 2.30. The van der Waals surface area contributed by atoms with Gasteiger partial charge in [-0.05, 0) is 57.9 Å². The van der Waals surface area contributed by atoms with Crippen molar-refractivity contribution < 1.29 is 0 Å². The fraction of sp³-hybridized carbons (Fsp3) is 0.647. The van der Waals surface area contributed by atoms with Gasteiger partial charge >= 0.3 is 0 Å². The minimum Gasteiger partial charge on any atom is -0.0999 e. The van der Waals surface area contributed by atoms with Crippen molar-refractivity contribution >= 4 is 0 Å². The van der Waals surface area contributed by atoms with Crippen LogP contribution in [0.2, 0.25) is 0 Å². The molecule has 0 N–H and O–H groups in total. The molecular weight excluding hydrogens is 204 g/mol. The van der Waals surface area contributed by atoms with E-state index in [0.29, 0.717) is 11.8 Å². The molecule has 98 valence electrons. The van der Waals surface area contributed by atoms with Crippen LogP contribution in [0.5, 0.6) is 0 Å². The molecule has 0 rings (SSSR count). The largest absolute Gasteiger partial charge is 0.0999 e. The minimum atomic E-state index is 0.617. The van der Waals surface area contributed by atoms with Gasteiger partial charge in [0.25, 0.3) is 0 Å². The van der Waals surface area contributed by atoms with Crippen molar-refractivity contribution in [2.45, 2.75) is 60.8 Å². The molecule has 2 unspecified atom stereocenters. The number of allylic oxidation sites excluding steroid dienone is 5. The first-order chi connectivity index (χ1) is 7.93. The summed E-state index contributed by atoms with van der Waals surface area (Å²) < 4.78 is 0. The summed E-state index contributed by atoms with van der Waals surface area (Å²) >= 11 is 0. The summed E-state index contributed by atoms with van der Waals surface area (Å²) in [7, 11) is 0. The average Bonchev–Trinajstić information content (AvgIpc) is 2.24. The fourth-order valence-electron chi connectivity index (χ4n) is 2.27. The second-order valence-electron chi connectivity index (χ2n) is 5.42. The van der Waals surface area contributed by atoms with Gasteiger partial charge in [-0.1, -0.05) is 50.1 Å². The Morgan fingerprint density at radius 1 is 1.24 bits per heavy atom. The Balaban J connectivity index is 4.94. The highest BCUT2D eigenvalue weighted by molar-refractivity contribution is 5.26. The first-order valence-electron chi connectivity index (χ1n) is 6.89. The molecule has 17 heavy (non-hydrogen) atoms. The van der Waals surface area contributed by atoms with Crippen LogP contribution in [0.15, 0.2) is 35.5 Å². The fourth-order valence-corrected chi connectivity index (χ4v) is 2.27. The first-order valence-corrected chi connectivity index (χ1v) is 6.89. The van der Waals surface area contributed by atoms with Crippen LogP contribution in [0.3, 0.4) is 0 Å². The summed E-state index contributed by atoms with van der Waals surface area (Å²) in [4.78, 5) is 0. The lowest BCUT2D eigenvalue weighted by Gasteiger charge is -2.23. The van der Waals surface area contributed by atoms with Gasteiger partial charge in [-0.3, -0.25) is 0 Å². The van der Waals surface area contributed by atoms with Gasteiger partial charge in [0, 0.05) is 0 Å². The molecule has 0 aliphatic heterocycles. The van der Waals surface area contributed by atoms with Crippen LogP contribution in [-0.2, 0) is 0 Å². The van der Waals surface area contributed by atoms with Crippen molar-refractivity contribution in [2.24, 2.45) is 11.8 Å². The van der Waals surface area contributed by atoms with Crippen LogP contribution in [0.25, 0.3) is 0 Å². The predicted octanol–water partition coefficient (Wildman–Crippen LogP) is 5.92. The van der Waals surface area contributed by atoms with Gasteiger partial charge in [0.2, 0.25) is 0 Å². The molecule has 0 nitrogen and oxygen atoms in total. The summed E-state index contributed by atoms with van der Waals surface area (Å²) in [5.41, 5.74) is 4.29. The second kappa shape index (κ2) is 8.33. The van der Waals surface area contributed by atoms with Crippen LogP contribution < -0.4 is 0 Å². The van der Waals surface area contributed by atoms with E-state index in [2.05, 4.69) is 60.3 Å². The zero-order chi connectivity index (χ0) is 13.4. The summed E-state index contributed by atoms with van der Waals surface area (Å²) in [6.07, 6.45) is 8.22. The Morgan fingerprint density at radius 3 is 2.18 bits per heavy atom. The van der Waals surface area contributed by atoms with Crippen molar-refractivity contribution in [3.8, 4) is 0 Å². The lowest BCUT2D eigenvalue weighted by Crippen LogP contribution is -2.10. The van der Waals surface area contributed by atoms with Gasteiger partial charge in [-0.25, -0.2) is 0 Å². The molecule has 0 amide bonds. The Morgan fingerprint density at radius 2 is 1.82 bits per heavy atom. The Labute approximate surface area is 109 Å². The van der Waals surface area contributed by atoms with Gasteiger partial charge < -0.3 is 0 Å². The lowest BCUT2D eigenvalue weighted by atomic mass is 9.82. The number of rotatable bonds is 7. The topological polar surface area (TPSA) is 0 Å². The molecule has 0 fully saturated rings. The summed E-state index contributed by atoms with van der Waals surface area (Å²) in [5.74, 6) is 1.30. The Hall–Kier alpha value is -0.780. The number of hydrogen-bond acceptors (Lipinski definition) is 0. The summed E-state index contributed by atoms with van der Waals surface area (Å²) in [6, 6.07) is 0. The molecule has 0 spiro atoms. The molecule has 0 aromatic rings. The number of hydrogen-bond donors (Lipinski definition) is 0. The van der Waals surface area contributed by atoms with Crippen LogP contribution in [0.4, 0.5) is 0 Å². The molecule has 0 bridgehead atoms. The molecular formula is C17H30. The predicted molar refractivity (Wildman–Crippen MR) is 80.2 cm³/mol. The maximum atomic E-state index is 4.08. The quantitative estimate of drug-likeness (QED) is 0.379. The van der Waals surface area contributed by atoms with Gasteiger partial charge in [0.1, 0.15) is 0 Å². The van der Waals surface area contributed by atoms with Crippen molar-refractivity contribution in [3.05, 3.63) is 35.5 Å². The zero-order valence-corrected chi connectivity index (χ0v) is 12.6. The van der Waals surface area contributed by atoms with E-state index in [0.717, 1.165) is 0 Å². The molecule has 0 aliphatic rings. The summed E-state index contributed by atoms with van der Waals surface area (Å²) in [5, 5.41) is 0. The molecule has 0 radical (unpaired) electrons. The smallest absolute Gasteiger partial charge is 0.0157 e. The third kappa shape index (κ3) is 5.91. The molecule has 0 aromatic carbocycles. The molecule has 0 heterocycles. The van der Waals surface area contributed by atoms with Gasteiger partial charge in [-0.15, -0.1) is 0 Å². The third-order valence-corrected chi connectivity index (χ3v) is 3.48. The normalized spacial score (nSPS) is 14.7. The van der Waals surface area contributed by atoms with E-state index < -0.39 is 0 Å². The standard InChI is InChI=1S/C17H30/c1-8-10-16(12-15(7)13(3)4)17(11-9-2)14(5)6/h9,11,15-16H,3,8,10,12H2,1-2,4-7H3/b11-9-. The van der Waals surface area contributed by atoms with E-state index in [1.165, 1.54) is 36.0 Å². The van der Waals surface area contributed by atoms with Crippen LogP contribution in [0, 0.1) is 11.8 Å². The van der Waals surface area contributed by atoms with Crippen molar-refractivity contribution in [1.29, 1.82) is 0 Å². The minimum absolute atomic E-state index is 0.617. The molecule has 0 saturated carbocycles. The van der Waals surface area contributed by atoms with Gasteiger partial charge in [0.15, 0.2) is 0 Å². The zero-order valence-electron chi connectivity index (χ0n) is 12.6. The molecule has 0 saturated heterocycles. The van der Waals surface area contributed by atoms with E-state index >= 15 is 0 Å². The molecule has 0 heteroatoms. The maximum absolute atomic E-state index is 4.08. The molecule has 0 aromatic heterocycles. The maximum Gasteiger partial charge on any atom is -0.0157 e. The van der Waals surface area contributed by atoms with E-state index in [-0.39, 0.29) is 0 Å². The van der Waals surface area contributed by atoms with Gasteiger partial charge in [0.05, 0.1) is 0 Å². The van der Waals surface area contributed by atoms with Crippen LogP contribution >= 0.6 is 0 Å². The van der Waals surface area contributed by atoms with E-state index in [1.807, 2.05) is 0 Å². The highest BCUT2D eigenvalue weighted by Gasteiger charge is 2.16. The first kappa shape index (κ1) is 16.2. The second-order valence-corrected chi connectivity index (χ2v) is 5.42. The van der Waals surface area contributed by atoms with Gasteiger partial charge in [-0.2, -0.15) is 0 Å². The summed E-state index contributed by atoms with van der Waals surface area (Å²) in [6.45, 7) is 17.4. The SMILES string of the molecule is C=C(C)C(C)CC(CCC)C(/C=C\C)=C(C)C. The Kier molecular flexibility index (Phi) is 7.95. The van der Waals surface area contributed by atoms with Crippen molar-refractivity contribution in [3.63, 3.8) is 0 Å². The van der Waals surface area contributed by atoms with Crippen molar-refractivity contribution in [2.75, 3.05) is 0 Å². The monoisotopic (exact) mass is 234 g/mol. The molecule has 2 atom stereocenters.